The second-order valence-electron chi connectivity index (χ2n) is 11.6. The molecule has 2 aromatic carbocycles. The normalized spacial score (nSPS) is 20.3. The Hall–Kier alpha value is -3.72. The van der Waals surface area contributed by atoms with Gasteiger partial charge in [-0.05, 0) is 84.6 Å². The number of fused-ring (bicyclic) bond motifs is 1. The molecule has 4 aromatic rings. The molecule has 9 heteroatoms. The number of halogens is 4. The number of aromatic nitrogens is 3. The largest absolute Gasteiger partial charge is 0.393 e. The van der Waals surface area contributed by atoms with Gasteiger partial charge in [0.2, 0.25) is 5.95 Å². The van der Waals surface area contributed by atoms with Gasteiger partial charge in [-0.1, -0.05) is 49.7 Å². The Morgan fingerprint density at radius 3 is 2.47 bits per heavy atom. The molecule has 2 fully saturated rings. The molecule has 0 spiro atoms. The molecule has 43 heavy (non-hydrogen) atoms. The molecule has 0 bridgehead atoms. The van der Waals surface area contributed by atoms with Crippen LogP contribution in [0.4, 0.5) is 23.4 Å². The Bertz CT molecular complexity index is 1570. The highest BCUT2D eigenvalue weighted by atomic mass is 19.4. The molecule has 4 heterocycles. The standard InChI is InChI=1S/C34H36F4N4O/c1-2-23-9-8-17-41(22-23)30-16-14-26(21-39-30)32(28(20-34(36,37)38)24-10-4-3-5-11-24)25-13-15-29-27(19-25)33(35)40-42(29)31-12-6-7-18-43-31/h3-5,10-11,13-16,19,21,23,31H,2,6-9,12,17-18,20,22H2,1H3/b32-28-/t23-,31?/m0/s1. The average Bonchev–Trinajstić information content (AvgIpc) is 3.37. The minimum atomic E-state index is -4.47. The highest BCUT2D eigenvalue weighted by Crippen LogP contribution is 2.41. The van der Waals surface area contributed by atoms with Crippen molar-refractivity contribution in [3.63, 3.8) is 0 Å². The fourth-order valence-electron chi connectivity index (χ4n) is 6.41. The Kier molecular flexibility index (Phi) is 8.52. The SMILES string of the molecule is CC[C@H]1CCCN(c2ccc(/C(=C(/CC(F)(F)F)c3ccccc3)c3ccc4c(c3)c(F)nn4C3CCCCO3)cn2)C1. The van der Waals surface area contributed by atoms with Gasteiger partial charge in [-0.2, -0.15) is 17.6 Å². The molecule has 2 aromatic heterocycles. The lowest BCUT2D eigenvalue weighted by atomic mass is 9.88. The predicted molar refractivity (Wildman–Crippen MR) is 161 cm³/mol. The molecule has 2 aliphatic heterocycles. The molecular weight excluding hydrogens is 556 g/mol. The molecule has 1 unspecified atom stereocenters. The van der Waals surface area contributed by atoms with Crippen molar-refractivity contribution in [1.82, 2.24) is 14.8 Å². The third kappa shape index (κ3) is 6.47. The number of pyridine rings is 1. The van der Waals surface area contributed by atoms with E-state index in [1.54, 1.807) is 59.4 Å². The van der Waals surface area contributed by atoms with Crippen LogP contribution >= 0.6 is 0 Å². The number of rotatable bonds is 7. The molecule has 0 amide bonds. The molecule has 0 saturated carbocycles. The quantitative estimate of drug-likeness (QED) is 0.159. The van der Waals surface area contributed by atoms with Gasteiger partial charge in [0, 0.05) is 31.5 Å². The Morgan fingerprint density at radius 2 is 1.77 bits per heavy atom. The van der Waals surface area contributed by atoms with Crippen LogP contribution in [0.25, 0.3) is 22.0 Å². The summed E-state index contributed by atoms with van der Waals surface area (Å²) in [5.74, 6) is 0.740. The van der Waals surface area contributed by atoms with E-state index in [-0.39, 0.29) is 17.2 Å². The first kappa shape index (κ1) is 29.4. The summed E-state index contributed by atoms with van der Waals surface area (Å²) in [6.07, 6.45) is 1.67. The van der Waals surface area contributed by atoms with Crippen LogP contribution in [0, 0.1) is 11.9 Å². The van der Waals surface area contributed by atoms with Crippen molar-refractivity contribution in [1.29, 1.82) is 0 Å². The van der Waals surface area contributed by atoms with Gasteiger partial charge in [0.25, 0.3) is 0 Å². The van der Waals surface area contributed by atoms with E-state index < -0.39 is 18.5 Å². The molecule has 0 radical (unpaired) electrons. The summed E-state index contributed by atoms with van der Waals surface area (Å²) in [6, 6.07) is 17.4. The van der Waals surface area contributed by atoms with E-state index in [4.69, 9.17) is 9.72 Å². The molecule has 6 rings (SSSR count). The lowest BCUT2D eigenvalue weighted by molar-refractivity contribution is -0.122. The monoisotopic (exact) mass is 592 g/mol. The minimum absolute atomic E-state index is 0.106. The lowest BCUT2D eigenvalue weighted by Crippen LogP contribution is -2.35. The molecule has 0 aliphatic carbocycles. The van der Waals surface area contributed by atoms with Crippen molar-refractivity contribution in [2.24, 2.45) is 5.92 Å². The van der Waals surface area contributed by atoms with Gasteiger partial charge in [0.05, 0.1) is 17.3 Å². The first-order valence-corrected chi connectivity index (χ1v) is 15.2. The van der Waals surface area contributed by atoms with E-state index in [2.05, 4.69) is 16.9 Å². The lowest BCUT2D eigenvalue weighted by Gasteiger charge is -2.33. The van der Waals surface area contributed by atoms with E-state index in [1.165, 1.54) is 6.42 Å². The molecular formula is C34H36F4N4O. The van der Waals surface area contributed by atoms with Crippen LogP contribution in [0.2, 0.25) is 0 Å². The second kappa shape index (κ2) is 12.5. The maximum atomic E-state index is 15.3. The number of benzene rings is 2. The molecule has 226 valence electrons. The Morgan fingerprint density at radius 1 is 0.953 bits per heavy atom. The number of ether oxygens (including phenoxy) is 1. The fraction of sp³-hybridized carbons (Fsp3) is 0.412. The Balaban J connectivity index is 1.49. The van der Waals surface area contributed by atoms with E-state index in [0.717, 1.165) is 51.0 Å². The predicted octanol–water partition coefficient (Wildman–Crippen LogP) is 8.81. The van der Waals surface area contributed by atoms with E-state index in [0.29, 0.717) is 40.3 Å². The summed E-state index contributed by atoms with van der Waals surface area (Å²) in [5, 5.41) is 4.38. The molecule has 2 aliphatic rings. The maximum absolute atomic E-state index is 15.3. The number of anilines is 1. The molecule has 5 nitrogen and oxygen atoms in total. The average molecular weight is 593 g/mol. The van der Waals surface area contributed by atoms with Gasteiger partial charge < -0.3 is 9.64 Å². The van der Waals surface area contributed by atoms with Crippen LogP contribution in [0.5, 0.6) is 0 Å². The van der Waals surface area contributed by atoms with Crippen LogP contribution < -0.4 is 4.90 Å². The number of piperidine rings is 1. The number of allylic oxidation sites excluding steroid dienone is 1. The van der Waals surface area contributed by atoms with Gasteiger partial charge in [-0.25, -0.2) is 9.67 Å². The van der Waals surface area contributed by atoms with E-state index in [9.17, 15) is 13.2 Å². The zero-order chi connectivity index (χ0) is 30.0. The van der Waals surface area contributed by atoms with E-state index >= 15 is 4.39 Å². The van der Waals surface area contributed by atoms with Crippen LogP contribution in [-0.4, -0.2) is 40.6 Å². The number of hydrogen-bond donors (Lipinski definition) is 0. The van der Waals surface area contributed by atoms with Crippen LogP contribution in [0.15, 0.2) is 66.9 Å². The first-order chi connectivity index (χ1) is 20.8. The number of nitrogens with zero attached hydrogens (tertiary/aromatic N) is 4. The van der Waals surface area contributed by atoms with Gasteiger partial charge in [0.1, 0.15) is 5.82 Å². The Labute approximate surface area is 249 Å². The molecule has 0 N–H and O–H groups in total. The summed E-state index contributed by atoms with van der Waals surface area (Å²) in [5.41, 5.74) is 2.49. The smallest absolute Gasteiger partial charge is 0.356 e. The van der Waals surface area contributed by atoms with Gasteiger partial charge >= 0.3 is 6.18 Å². The van der Waals surface area contributed by atoms with Crippen molar-refractivity contribution < 1.29 is 22.3 Å². The van der Waals surface area contributed by atoms with Gasteiger partial charge in [-0.3, -0.25) is 0 Å². The zero-order valence-electron chi connectivity index (χ0n) is 24.3. The number of hydrogen-bond acceptors (Lipinski definition) is 4. The summed E-state index contributed by atoms with van der Waals surface area (Å²) < 4.78 is 65.2. The highest BCUT2D eigenvalue weighted by Gasteiger charge is 2.32. The topological polar surface area (TPSA) is 43.2 Å². The van der Waals surface area contributed by atoms with Crippen molar-refractivity contribution in [2.75, 3.05) is 24.6 Å². The van der Waals surface area contributed by atoms with Crippen molar-refractivity contribution >= 4 is 27.9 Å². The van der Waals surface area contributed by atoms with Crippen molar-refractivity contribution in [2.45, 2.75) is 64.3 Å². The number of alkyl halides is 3. The third-order valence-corrected chi connectivity index (χ3v) is 8.64. The van der Waals surface area contributed by atoms with Crippen LogP contribution in [0.3, 0.4) is 0 Å². The molecule has 2 atom stereocenters. The van der Waals surface area contributed by atoms with E-state index in [1.807, 2.05) is 12.1 Å². The maximum Gasteiger partial charge on any atom is 0.393 e. The second-order valence-corrected chi connectivity index (χ2v) is 11.6. The van der Waals surface area contributed by atoms with Crippen LogP contribution in [0.1, 0.15) is 74.8 Å². The van der Waals surface area contributed by atoms with Gasteiger partial charge in [-0.15, -0.1) is 5.10 Å². The van der Waals surface area contributed by atoms with Gasteiger partial charge in [0.15, 0.2) is 6.23 Å². The van der Waals surface area contributed by atoms with Crippen LogP contribution in [-0.2, 0) is 4.74 Å². The zero-order valence-corrected chi connectivity index (χ0v) is 24.3. The van der Waals surface area contributed by atoms with Crippen molar-refractivity contribution in [3.05, 3.63) is 89.5 Å². The third-order valence-electron chi connectivity index (χ3n) is 8.64. The first-order valence-electron chi connectivity index (χ1n) is 15.2. The fourth-order valence-corrected chi connectivity index (χ4v) is 6.41. The summed E-state index contributed by atoms with van der Waals surface area (Å²) >= 11 is 0. The van der Waals surface area contributed by atoms with Crippen molar-refractivity contribution in [3.8, 4) is 0 Å². The summed E-state index contributed by atoms with van der Waals surface area (Å²) in [7, 11) is 0. The molecule has 2 saturated heterocycles. The summed E-state index contributed by atoms with van der Waals surface area (Å²) in [4.78, 5) is 6.99. The minimum Gasteiger partial charge on any atom is -0.356 e. The highest BCUT2D eigenvalue weighted by molar-refractivity contribution is 6.00. The summed E-state index contributed by atoms with van der Waals surface area (Å²) in [6.45, 7) is 4.59.